The molecule has 0 spiro atoms. The molecule has 7 heteroatoms. The van der Waals surface area contributed by atoms with Crippen LogP contribution >= 0.6 is 11.6 Å². The average molecular weight is 290 g/mol. The van der Waals surface area contributed by atoms with Crippen molar-refractivity contribution in [1.29, 1.82) is 0 Å². The van der Waals surface area contributed by atoms with E-state index >= 15 is 0 Å². The van der Waals surface area contributed by atoms with Crippen molar-refractivity contribution in [2.45, 2.75) is 20.4 Å². The van der Waals surface area contributed by atoms with Crippen LogP contribution in [0.25, 0.3) is 11.0 Å². The Kier molecular flexibility index (Phi) is 3.02. The number of carbonyl (C=O) groups excluding carboxylic acids is 1. The monoisotopic (exact) mass is 289 g/mol. The summed E-state index contributed by atoms with van der Waals surface area (Å²) in [7, 11) is 0. The van der Waals surface area contributed by atoms with E-state index in [4.69, 9.17) is 11.6 Å². The van der Waals surface area contributed by atoms with E-state index in [1.54, 1.807) is 17.7 Å². The number of nitrogens with zero attached hydrogens (tertiary/aromatic N) is 5. The highest BCUT2D eigenvalue weighted by Crippen LogP contribution is 2.19. The lowest BCUT2D eigenvalue weighted by molar-refractivity contribution is 0.0872. The first-order valence-electron chi connectivity index (χ1n) is 6.11. The minimum atomic E-state index is -0.207. The molecule has 3 rings (SSSR count). The first kappa shape index (κ1) is 12.8. The predicted octanol–water partition coefficient (Wildman–Crippen LogP) is 2.24. The molecule has 0 saturated carbocycles. The van der Waals surface area contributed by atoms with Crippen LogP contribution in [0.4, 0.5) is 0 Å². The zero-order chi connectivity index (χ0) is 14.3. The van der Waals surface area contributed by atoms with Gasteiger partial charge in [-0.2, -0.15) is 9.78 Å². The molecule has 0 aliphatic carbocycles. The normalized spacial score (nSPS) is 11.2. The molecule has 6 nitrogen and oxygen atoms in total. The average Bonchev–Trinajstić information content (AvgIpc) is 2.97. The van der Waals surface area contributed by atoms with Crippen molar-refractivity contribution in [2.75, 3.05) is 0 Å². The number of halogens is 1. The van der Waals surface area contributed by atoms with Crippen LogP contribution in [0.1, 0.15) is 16.2 Å². The number of aromatic nitrogens is 5. The number of benzene rings is 1. The maximum Gasteiger partial charge on any atom is 0.270 e. The van der Waals surface area contributed by atoms with E-state index in [-0.39, 0.29) is 12.5 Å². The van der Waals surface area contributed by atoms with Gasteiger partial charge in [0.15, 0.2) is 0 Å². The first-order chi connectivity index (χ1) is 9.58. The summed E-state index contributed by atoms with van der Waals surface area (Å²) in [5.41, 5.74) is 2.85. The lowest BCUT2D eigenvalue weighted by Gasteiger charge is -2.04. The molecule has 0 unspecified atom stereocenters. The lowest BCUT2D eigenvalue weighted by atomic mass is 10.3. The van der Waals surface area contributed by atoms with Crippen LogP contribution < -0.4 is 0 Å². The molecular weight excluding hydrogens is 278 g/mol. The minimum absolute atomic E-state index is 0.0761. The highest BCUT2D eigenvalue weighted by Gasteiger charge is 2.16. The molecule has 0 saturated heterocycles. The third-order valence-electron chi connectivity index (χ3n) is 3.17. The zero-order valence-electron chi connectivity index (χ0n) is 11.0. The van der Waals surface area contributed by atoms with Crippen LogP contribution in [0, 0.1) is 13.8 Å². The lowest BCUT2D eigenvalue weighted by Crippen LogP contribution is -2.20. The Balaban J connectivity index is 1.95. The topological polar surface area (TPSA) is 65.6 Å². The fourth-order valence-electron chi connectivity index (χ4n) is 2.08. The third-order valence-corrected chi connectivity index (χ3v) is 3.71. The van der Waals surface area contributed by atoms with Gasteiger partial charge in [0, 0.05) is 0 Å². The molecule has 20 heavy (non-hydrogen) atoms. The molecular formula is C13H12ClN5O. The standard InChI is InChI=1S/C13H12ClN5O/c1-8-13(14)9(2)18(16-8)7-12(20)19-11-6-4-3-5-10(11)15-17-19/h3-6H,7H2,1-2H3. The van der Waals surface area contributed by atoms with Gasteiger partial charge < -0.3 is 0 Å². The summed E-state index contributed by atoms with van der Waals surface area (Å²) in [6, 6.07) is 7.32. The van der Waals surface area contributed by atoms with Gasteiger partial charge in [0.1, 0.15) is 12.1 Å². The van der Waals surface area contributed by atoms with Gasteiger partial charge >= 0.3 is 0 Å². The second-order valence-electron chi connectivity index (χ2n) is 4.53. The van der Waals surface area contributed by atoms with Crippen molar-refractivity contribution in [1.82, 2.24) is 24.8 Å². The first-order valence-corrected chi connectivity index (χ1v) is 6.49. The molecule has 0 bridgehead atoms. The Hall–Kier alpha value is -2.21. The van der Waals surface area contributed by atoms with Crippen molar-refractivity contribution in [2.24, 2.45) is 0 Å². The van der Waals surface area contributed by atoms with Crippen LogP contribution in [0.2, 0.25) is 5.02 Å². The van der Waals surface area contributed by atoms with E-state index in [2.05, 4.69) is 15.4 Å². The predicted molar refractivity (Wildman–Crippen MR) is 74.9 cm³/mol. The molecule has 0 radical (unpaired) electrons. The molecule has 3 aromatic rings. The maximum atomic E-state index is 12.3. The molecule has 2 heterocycles. The smallest absolute Gasteiger partial charge is 0.270 e. The summed E-state index contributed by atoms with van der Waals surface area (Å²) in [5, 5.41) is 12.7. The van der Waals surface area contributed by atoms with Gasteiger partial charge in [-0.1, -0.05) is 28.9 Å². The minimum Gasteiger partial charge on any atom is -0.270 e. The highest BCUT2D eigenvalue weighted by molar-refractivity contribution is 6.31. The largest absolute Gasteiger partial charge is 0.270 e. The third kappa shape index (κ3) is 1.98. The highest BCUT2D eigenvalue weighted by atomic mass is 35.5. The molecule has 2 aromatic heterocycles. The van der Waals surface area contributed by atoms with Gasteiger partial charge in [0.2, 0.25) is 0 Å². The maximum absolute atomic E-state index is 12.3. The van der Waals surface area contributed by atoms with E-state index in [0.717, 1.165) is 5.69 Å². The zero-order valence-corrected chi connectivity index (χ0v) is 11.8. The van der Waals surface area contributed by atoms with Crippen LogP contribution in [-0.2, 0) is 6.54 Å². The summed E-state index contributed by atoms with van der Waals surface area (Å²) in [6.45, 7) is 3.71. The summed E-state index contributed by atoms with van der Waals surface area (Å²) in [4.78, 5) is 12.3. The molecule has 0 N–H and O–H groups in total. The van der Waals surface area contributed by atoms with E-state index in [1.165, 1.54) is 4.68 Å². The number of carbonyl (C=O) groups is 1. The van der Waals surface area contributed by atoms with Gasteiger partial charge in [0.25, 0.3) is 5.91 Å². The van der Waals surface area contributed by atoms with Crippen LogP contribution in [0.5, 0.6) is 0 Å². The van der Waals surface area contributed by atoms with Crippen molar-refractivity contribution in [3.8, 4) is 0 Å². The molecule has 0 aliphatic rings. The SMILES string of the molecule is Cc1nn(CC(=O)n2nnc3ccccc32)c(C)c1Cl. The van der Waals surface area contributed by atoms with E-state index in [1.807, 2.05) is 25.1 Å². The second-order valence-corrected chi connectivity index (χ2v) is 4.90. The van der Waals surface area contributed by atoms with Crippen LogP contribution in [0.3, 0.4) is 0 Å². The van der Waals surface area contributed by atoms with E-state index < -0.39 is 0 Å². The van der Waals surface area contributed by atoms with Gasteiger partial charge in [-0.05, 0) is 26.0 Å². The summed E-state index contributed by atoms with van der Waals surface area (Å²) >= 11 is 6.07. The molecule has 0 atom stereocenters. The number of aryl methyl sites for hydroxylation is 1. The Morgan fingerprint density at radius 1 is 1.30 bits per heavy atom. The second kappa shape index (κ2) is 4.72. The van der Waals surface area contributed by atoms with Gasteiger partial charge in [-0.15, -0.1) is 5.10 Å². The Morgan fingerprint density at radius 3 is 2.75 bits per heavy atom. The molecule has 0 amide bonds. The van der Waals surface area contributed by atoms with Crippen LogP contribution in [-0.4, -0.2) is 30.7 Å². The van der Waals surface area contributed by atoms with Gasteiger partial charge in [-0.25, -0.2) is 0 Å². The number of hydrogen-bond acceptors (Lipinski definition) is 4. The van der Waals surface area contributed by atoms with Crippen molar-refractivity contribution >= 4 is 28.5 Å². The van der Waals surface area contributed by atoms with Gasteiger partial charge in [0.05, 0.1) is 21.9 Å². The molecule has 0 fully saturated rings. The fraction of sp³-hybridized carbons (Fsp3) is 0.231. The number of rotatable bonds is 2. The molecule has 1 aromatic carbocycles. The fourth-order valence-corrected chi connectivity index (χ4v) is 2.21. The summed E-state index contributed by atoms with van der Waals surface area (Å²) < 4.78 is 2.87. The summed E-state index contributed by atoms with van der Waals surface area (Å²) in [6.07, 6.45) is 0. The van der Waals surface area contributed by atoms with Gasteiger partial charge in [-0.3, -0.25) is 9.48 Å². The molecule has 102 valence electrons. The number of fused-ring (bicyclic) bond motifs is 1. The number of para-hydroxylation sites is 1. The Labute approximate surface area is 119 Å². The van der Waals surface area contributed by atoms with Crippen molar-refractivity contribution < 1.29 is 4.79 Å². The Morgan fingerprint density at radius 2 is 2.05 bits per heavy atom. The van der Waals surface area contributed by atoms with E-state index in [0.29, 0.717) is 21.7 Å². The van der Waals surface area contributed by atoms with Crippen molar-refractivity contribution in [3.63, 3.8) is 0 Å². The quantitative estimate of drug-likeness (QED) is 0.726. The van der Waals surface area contributed by atoms with Crippen molar-refractivity contribution in [3.05, 3.63) is 40.7 Å². The molecule has 0 aliphatic heterocycles. The van der Waals surface area contributed by atoms with Crippen LogP contribution in [0.15, 0.2) is 24.3 Å². The number of hydrogen-bond donors (Lipinski definition) is 0. The Bertz CT molecular complexity index is 804. The summed E-state index contributed by atoms with van der Waals surface area (Å²) in [5.74, 6) is -0.207. The van der Waals surface area contributed by atoms with E-state index in [9.17, 15) is 4.79 Å².